The smallest absolute Gasteiger partial charge is 0.434 e. The molecule has 29 heavy (non-hydrogen) atoms. The summed E-state index contributed by atoms with van der Waals surface area (Å²) in [5, 5.41) is 2.68. The van der Waals surface area contributed by atoms with Crippen molar-refractivity contribution in [3.8, 4) is 0 Å². The van der Waals surface area contributed by atoms with Crippen LogP contribution in [0, 0.1) is 5.92 Å². The second-order valence-electron chi connectivity index (χ2n) is 9.30. The molecular weight excluding hydrogens is 390 g/mol. The Kier molecular flexibility index (Phi) is 5.76. The van der Waals surface area contributed by atoms with Gasteiger partial charge in [-0.05, 0) is 78.5 Å². The molecule has 7 nitrogen and oxygen atoms in total. The van der Waals surface area contributed by atoms with E-state index in [1.54, 1.807) is 53.1 Å². The van der Waals surface area contributed by atoms with E-state index in [0.29, 0.717) is 18.2 Å². The standard InChI is InChI=1S/C21H29N3O4S/c1-20(2,3)27-18(25)23(12-14-7-8-14)24(19(26)28-21(4,5)6)15-9-10-16-17(11-15)29-13-22-16/h9-11,13-14H,7-8,12H2,1-6H3. The molecule has 0 saturated heterocycles. The molecule has 1 heterocycles. The number of hydrogen-bond donors (Lipinski definition) is 0. The first-order valence-corrected chi connectivity index (χ1v) is 10.7. The minimum Gasteiger partial charge on any atom is -0.442 e. The molecule has 0 unspecified atom stereocenters. The zero-order chi connectivity index (χ0) is 21.4. The number of fused-ring (bicyclic) bond motifs is 1. The molecule has 0 bridgehead atoms. The van der Waals surface area contributed by atoms with Gasteiger partial charge < -0.3 is 9.47 Å². The molecule has 3 rings (SSSR count). The summed E-state index contributed by atoms with van der Waals surface area (Å²) in [6.45, 7) is 11.2. The number of amides is 2. The Balaban J connectivity index is 2.01. The highest BCUT2D eigenvalue weighted by Crippen LogP contribution is 2.33. The van der Waals surface area contributed by atoms with Crippen LogP contribution in [0.3, 0.4) is 0 Å². The third kappa shape index (κ3) is 5.82. The van der Waals surface area contributed by atoms with Gasteiger partial charge in [-0.3, -0.25) is 0 Å². The van der Waals surface area contributed by atoms with E-state index in [1.807, 2.05) is 12.1 Å². The van der Waals surface area contributed by atoms with Crippen LogP contribution in [0.4, 0.5) is 15.3 Å². The highest BCUT2D eigenvalue weighted by atomic mass is 32.1. The Hall–Kier alpha value is -2.35. The van der Waals surface area contributed by atoms with Crippen molar-refractivity contribution in [3.63, 3.8) is 0 Å². The van der Waals surface area contributed by atoms with Crippen LogP contribution in [0.2, 0.25) is 0 Å². The van der Waals surface area contributed by atoms with Crippen LogP contribution in [-0.2, 0) is 9.47 Å². The number of hydrazine groups is 1. The van der Waals surface area contributed by atoms with Crippen LogP contribution < -0.4 is 5.01 Å². The molecule has 158 valence electrons. The molecule has 1 aliphatic carbocycles. The molecule has 1 fully saturated rings. The van der Waals surface area contributed by atoms with Crippen molar-refractivity contribution in [1.82, 2.24) is 9.99 Å². The Morgan fingerprint density at radius 2 is 1.69 bits per heavy atom. The fraction of sp³-hybridized carbons (Fsp3) is 0.571. The third-order valence-corrected chi connectivity index (χ3v) is 4.89. The summed E-state index contributed by atoms with van der Waals surface area (Å²) >= 11 is 1.48. The Morgan fingerprint density at radius 1 is 1.07 bits per heavy atom. The molecule has 1 aromatic heterocycles. The van der Waals surface area contributed by atoms with Gasteiger partial charge in [0.15, 0.2) is 0 Å². The molecule has 2 aromatic rings. The van der Waals surface area contributed by atoms with Gasteiger partial charge in [0.05, 0.1) is 21.4 Å². The summed E-state index contributed by atoms with van der Waals surface area (Å²) in [5.74, 6) is 0.347. The Bertz CT molecular complexity index is 893. The van der Waals surface area contributed by atoms with Crippen molar-refractivity contribution in [2.75, 3.05) is 11.6 Å². The van der Waals surface area contributed by atoms with Crippen LogP contribution in [0.15, 0.2) is 23.7 Å². The third-order valence-electron chi connectivity index (χ3n) is 4.10. The average Bonchev–Trinajstić information content (AvgIpc) is 3.25. The summed E-state index contributed by atoms with van der Waals surface area (Å²) in [4.78, 5) is 30.5. The zero-order valence-corrected chi connectivity index (χ0v) is 18.7. The first-order chi connectivity index (χ1) is 13.4. The molecule has 0 radical (unpaired) electrons. The molecule has 2 amide bonds. The number of carbonyl (C=O) groups is 2. The van der Waals surface area contributed by atoms with E-state index in [1.165, 1.54) is 21.4 Å². The highest BCUT2D eigenvalue weighted by molar-refractivity contribution is 7.16. The summed E-state index contributed by atoms with van der Waals surface area (Å²) in [6.07, 6.45) is 0.859. The molecular formula is C21H29N3O4S. The first-order valence-electron chi connectivity index (χ1n) is 9.80. The van der Waals surface area contributed by atoms with E-state index in [-0.39, 0.29) is 0 Å². The number of hydrogen-bond acceptors (Lipinski definition) is 6. The Labute approximate surface area is 175 Å². The monoisotopic (exact) mass is 419 g/mol. The number of benzene rings is 1. The van der Waals surface area contributed by atoms with E-state index >= 15 is 0 Å². The zero-order valence-electron chi connectivity index (χ0n) is 17.9. The quantitative estimate of drug-likeness (QED) is 0.606. The van der Waals surface area contributed by atoms with Crippen molar-refractivity contribution < 1.29 is 19.1 Å². The van der Waals surface area contributed by atoms with Crippen molar-refractivity contribution in [2.24, 2.45) is 5.92 Å². The topological polar surface area (TPSA) is 72.0 Å². The fourth-order valence-electron chi connectivity index (χ4n) is 2.72. The fourth-order valence-corrected chi connectivity index (χ4v) is 3.43. The number of rotatable bonds is 3. The van der Waals surface area contributed by atoms with E-state index in [9.17, 15) is 9.59 Å². The van der Waals surface area contributed by atoms with Gasteiger partial charge >= 0.3 is 12.2 Å². The molecule has 0 spiro atoms. The van der Waals surface area contributed by atoms with E-state index in [2.05, 4.69) is 4.98 Å². The number of thiazole rings is 1. The number of anilines is 1. The van der Waals surface area contributed by atoms with Crippen molar-refractivity contribution in [1.29, 1.82) is 0 Å². The predicted molar refractivity (Wildman–Crippen MR) is 114 cm³/mol. The van der Waals surface area contributed by atoms with Crippen LogP contribution in [0.5, 0.6) is 0 Å². The van der Waals surface area contributed by atoms with Gasteiger partial charge in [0.25, 0.3) is 0 Å². The van der Waals surface area contributed by atoms with Gasteiger partial charge in [-0.25, -0.2) is 19.6 Å². The Morgan fingerprint density at radius 3 is 2.28 bits per heavy atom. The van der Waals surface area contributed by atoms with Gasteiger partial charge in [0.2, 0.25) is 0 Å². The van der Waals surface area contributed by atoms with Crippen LogP contribution in [0.25, 0.3) is 10.2 Å². The van der Waals surface area contributed by atoms with Crippen molar-refractivity contribution in [3.05, 3.63) is 23.7 Å². The lowest BCUT2D eigenvalue weighted by Crippen LogP contribution is -2.53. The maximum absolute atomic E-state index is 13.2. The summed E-state index contributed by atoms with van der Waals surface area (Å²) in [7, 11) is 0. The SMILES string of the molecule is CC(C)(C)OC(=O)N(CC1CC1)N(C(=O)OC(C)(C)C)c1ccc2ncsc2c1. The second-order valence-corrected chi connectivity index (χ2v) is 10.2. The second kappa shape index (κ2) is 7.82. The van der Waals surface area contributed by atoms with Crippen molar-refractivity contribution in [2.45, 2.75) is 65.6 Å². The highest BCUT2D eigenvalue weighted by Gasteiger charge is 2.38. The van der Waals surface area contributed by atoms with Crippen molar-refractivity contribution >= 4 is 39.4 Å². The van der Waals surface area contributed by atoms with Crippen LogP contribution in [0.1, 0.15) is 54.4 Å². The minimum absolute atomic E-state index is 0.347. The molecule has 8 heteroatoms. The van der Waals surface area contributed by atoms with E-state index in [0.717, 1.165) is 23.1 Å². The number of aromatic nitrogens is 1. The lowest BCUT2D eigenvalue weighted by atomic mass is 10.2. The minimum atomic E-state index is -0.705. The first kappa shape index (κ1) is 21.4. The lowest BCUT2D eigenvalue weighted by Gasteiger charge is -2.36. The van der Waals surface area contributed by atoms with E-state index in [4.69, 9.17) is 9.47 Å². The summed E-state index contributed by atoms with van der Waals surface area (Å²) in [5.41, 5.74) is 1.75. The van der Waals surface area contributed by atoms with Gasteiger partial charge in [-0.15, -0.1) is 11.3 Å². The van der Waals surface area contributed by atoms with Crippen LogP contribution in [-0.4, -0.2) is 39.9 Å². The maximum atomic E-state index is 13.2. The molecule has 0 N–H and O–H groups in total. The van der Waals surface area contributed by atoms with Crippen LogP contribution >= 0.6 is 11.3 Å². The van der Waals surface area contributed by atoms with Gasteiger partial charge in [-0.1, -0.05) is 0 Å². The van der Waals surface area contributed by atoms with Gasteiger partial charge in [0, 0.05) is 6.54 Å². The molecule has 0 aliphatic heterocycles. The summed E-state index contributed by atoms with van der Waals surface area (Å²) in [6, 6.07) is 5.46. The number of nitrogens with zero attached hydrogens (tertiary/aromatic N) is 3. The van der Waals surface area contributed by atoms with E-state index < -0.39 is 23.4 Å². The number of ether oxygens (including phenoxy) is 2. The normalized spacial score (nSPS) is 14.6. The maximum Gasteiger partial charge on any atom is 0.434 e. The molecule has 1 saturated carbocycles. The predicted octanol–water partition coefficient (Wildman–Crippen LogP) is 5.60. The summed E-state index contributed by atoms with van der Waals surface area (Å²) < 4.78 is 12.2. The van der Waals surface area contributed by atoms with Gasteiger partial charge in [0.1, 0.15) is 11.2 Å². The molecule has 1 aliphatic rings. The molecule has 0 atom stereocenters. The molecule has 1 aromatic carbocycles. The van der Waals surface area contributed by atoms with Gasteiger partial charge in [-0.2, -0.15) is 5.01 Å². The number of carbonyl (C=O) groups excluding carboxylic acids is 2. The average molecular weight is 420 g/mol. The lowest BCUT2D eigenvalue weighted by molar-refractivity contribution is 0.0123. The largest absolute Gasteiger partial charge is 0.442 e.